The van der Waals surface area contributed by atoms with Gasteiger partial charge in [0.1, 0.15) is 11.5 Å². The van der Waals surface area contributed by atoms with Gasteiger partial charge < -0.3 is 19.7 Å². The molecular formula is C40H25BN2O2S. The smallest absolute Gasteiger partial charge is 0.198 e. The summed E-state index contributed by atoms with van der Waals surface area (Å²) in [5.74, 6) is 3.51. The molecule has 7 aromatic carbocycles. The van der Waals surface area contributed by atoms with Crippen LogP contribution < -0.4 is 30.6 Å². The molecule has 3 heterocycles. The van der Waals surface area contributed by atoms with E-state index >= 15 is 0 Å². The highest BCUT2D eigenvalue weighted by atomic mass is 32.2. The van der Waals surface area contributed by atoms with Gasteiger partial charge in [-0.15, -0.1) is 0 Å². The van der Waals surface area contributed by atoms with Gasteiger partial charge in [0.25, 0.3) is 0 Å². The highest BCUT2D eigenvalue weighted by Crippen LogP contribution is 2.54. The third-order valence-electron chi connectivity index (χ3n) is 9.07. The zero-order valence-electron chi connectivity index (χ0n) is 24.7. The number of fused-ring (bicyclic) bond motifs is 7. The van der Waals surface area contributed by atoms with Crippen LogP contribution >= 0.6 is 11.8 Å². The molecule has 0 saturated heterocycles. The van der Waals surface area contributed by atoms with Crippen LogP contribution in [0.3, 0.4) is 0 Å². The number of para-hydroxylation sites is 5. The van der Waals surface area contributed by atoms with Crippen molar-refractivity contribution in [1.29, 1.82) is 0 Å². The van der Waals surface area contributed by atoms with Crippen LogP contribution in [0.5, 0.6) is 23.0 Å². The molecule has 216 valence electrons. The molecular weight excluding hydrogens is 583 g/mol. The maximum absolute atomic E-state index is 6.60. The molecule has 0 atom stereocenters. The number of nitrogens with one attached hydrogen (secondary N) is 1. The second-order valence-corrected chi connectivity index (χ2v) is 12.9. The summed E-state index contributed by atoms with van der Waals surface area (Å²) in [7, 11) is 0.779. The fraction of sp³-hybridized carbons (Fsp3) is 0. The lowest BCUT2D eigenvalue weighted by Crippen LogP contribution is -2.42. The molecule has 0 radical (unpaired) electrons. The van der Waals surface area contributed by atoms with Gasteiger partial charge in [0.2, 0.25) is 0 Å². The predicted molar refractivity (Wildman–Crippen MR) is 191 cm³/mol. The van der Waals surface area contributed by atoms with E-state index in [0.717, 1.165) is 68.4 Å². The minimum Gasteiger partial charge on any atom is -0.455 e. The van der Waals surface area contributed by atoms with Gasteiger partial charge in [0.05, 0.1) is 21.2 Å². The lowest BCUT2D eigenvalue weighted by atomic mass is 9.57. The average molecular weight is 609 g/mol. The number of hydrogen-bond acceptors (Lipinski definition) is 5. The fourth-order valence-electron chi connectivity index (χ4n) is 7.08. The van der Waals surface area contributed by atoms with Gasteiger partial charge in [0.15, 0.2) is 18.8 Å². The van der Waals surface area contributed by atoms with Crippen LogP contribution in [0.1, 0.15) is 0 Å². The van der Waals surface area contributed by atoms with E-state index in [0.29, 0.717) is 0 Å². The van der Waals surface area contributed by atoms with Gasteiger partial charge in [-0.25, -0.2) is 0 Å². The van der Waals surface area contributed by atoms with Crippen molar-refractivity contribution in [3.63, 3.8) is 0 Å². The summed E-state index contributed by atoms with van der Waals surface area (Å²) >= 11 is 1.75. The molecule has 7 aromatic rings. The molecule has 4 nitrogen and oxygen atoms in total. The van der Waals surface area contributed by atoms with Gasteiger partial charge in [-0.2, -0.15) is 0 Å². The summed E-state index contributed by atoms with van der Waals surface area (Å²) in [5, 5.41) is 6.19. The van der Waals surface area contributed by atoms with Gasteiger partial charge in [-0.1, -0.05) is 96.1 Å². The molecule has 3 aliphatic rings. The predicted octanol–water partition coefficient (Wildman–Crippen LogP) is 9.78. The van der Waals surface area contributed by atoms with Crippen LogP contribution in [0.15, 0.2) is 149 Å². The summed E-state index contributed by atoms with van der Waals surface area (Å²) in [6.45, 7) is 0. The summed E-state index contributed by atoms with van der Waals surface area (Å²) in [6.07, 6.45) is 0. The number of ether oxygens (including phenoxy) is 2. The fourth-order valence-corrected chi connectivity index (χ4v) is 8.05. The number of nitrogens with zero attached hydrogens (tertiary/aromatic N) is 1. The van der Waals surface area contributed by atoms with Crippen LogP contribution in [-0.4, -0.2) is 7.28 Å². The van der Waals surface area contributed by atoms with E-state index in [1.807, 2.05) is 24.3 Å². The Morgan fingerprint density at radius 3 is 2.28 bits per heavy atom. The number of anilines is 5. The Hall–Kier alpha value is -5.59. The molecule has 3 aliphatic heterocycles. The van der Waals surface area contributed by atoms with E-state index in [1.165, 1.54) is 32.9 Å². The molecule has 0 bridgehead atoms. The van der Waals surface area contributed by atoms with Crippen molar-refractivity contribution in [1.82, 2.24) is 0 Å². The van der Waals surface area contributed by atoms with Crippen molar-refractivity contribution in [2.75, 3.05) is 10.2 Å². The summed E-state index contributed by atoms with van der Waals surface area (Å²) in [6, 6.07) is 49.0. The average Bonchev–Trinajstić information content (AvgIpc) is 3.10. The monoisotopic (exact) mass is 608 g/mol. The second-order valence-electron chi connectivity index (χ2n) is 11.8. The molecule has 0 spiro atoms. The number of hydrogen-bond donors (Lipinski definition) is 1. The normalized spacial score (nSPS) is 13.2. The van der Waals surface area contributed by atoms with Crippen LogP contribution in [0.4, 0.5) is 28.4 Å². The Labute approximate surface area is 271 Å². The minimum atomic E-state index is 0.779. The molecule has 0 amide bonds. The van der Waals surface area contributed by atoms with Crippen molar-refractivity contribution in [3.8, 4) is 34.1 Å². The summed E-state index contributed by atoms with van der Waals surface area (Å²) in [5.41, 5.74) is 10.3. The highest BCUT2D eigenvalue weighted by molar-refractivity contribution is 7.99. The van der Waals surface area contributed by atoms with Gasteiger partial charge in [-0.3, -0.25) is 0 Å². The van der Waals surface area contributed by atoms with Gasteiger partial charge >= 0.3 is 0 Å². The van der Waals surface area contributed by atoms with Crippen molar-refractivity contribution in [2.45, 2.75) is 9.79 Å². The van der Waals surface area contributed by atoms with E-state index in [-0.39, 0.29) is 0 Å². The zero-order valence-corrected chi connectivity index (χ0v) is 25.5. The van der Waals surface area contributed by atoms with Gasteiger partial charge in [0, 0.05) is 22.6 Å². The van der Waals surface area contributed by atoms with E-state index < -0.39 is 0 Å². The maximum atomic E-state index is 6.60. The molecule has 0 saturated carbocycles. The molecule has 46 heavy (non-hydrogen) atoms. The van der Waals surface area contributed by atoms with Crippen LogP contribution in [-0.2, 0) is 0 Å². The Morgan fingerprint density at radius 2 is 1.35 bits per heavy atom. The van der Waals surface area contributed by atoms with Gasteiger partial charge in [-0.05, 0) is 82.5 Å². The van der Waals surface area contributed by atoms with Crippen LogP contribution in [0.2, 0.25) is 0 Å². The maximum Gasteiger partial charge on any atom is 0.198 e. The summed E-state index contributed by atoms with van der Waals surface area (Å²) in [4.78, 5) is 4.62. The van der Waals surface area contributed by atoms with E-state index in [4.69, 9.17) is 9.47 Å². The van der Waals surface area contributed by atoms with Crippen molar-refractivity contribution in [3.05, 3.63) is 140 Å². The summed E-state index contributed by atoms with van der Waals surface area (Å²) < 4.78 is 13.0. The number of rotatable bonds is 3. The molecule has 10 rings (SSSR count). The largest absolute Gasteiger partial charge is 0.455 e. The Balaban J connectivity index is 1.27. The molecule has 0 fully saturated rings. The second kappa shape index (κ2) is 9.96. The lowest BCUT2D eigenvalue weighted by molar-refractivity contribution is 0.455. The quantitative estimate of drug-likeness (QED) is 0.202. The Kier molecular flexibility index (Phi) is 5.57. The van der Waals surface area contributed by atoms with Crippen LogP contribution in [0.25, 0.3) is 21.9 Å². The first-order valence-electron chi connectivity index (χ1n) is 15.5. The standard InChI is InChI=1S/C40H25BN2O2S/c1-2-12-25(13-3-1)42-29-23-37-35(45-33-18-8-9-20-36(33)46-37)22-27(29)38-26-14-5-4-11-24(26)21-31-39(38)41-28-15-10-19-34-40(28)43(31)30-16-6-7-17-32(30)44-34/h1-23,41-42H. The molecule has 0 aromatic heterocycles. The van der Waals surface area contributed by atoms with E-state index in [2.05, 4.69) is 125 Å². The SMILES string of the molecule is B1c2cccc3c2N(c2ccccc2O3)c2cc3ccccc3c(-c3cc4c(cc3Nc3ccccc3)Sc3ccccc3O4)c21. The molecule has 0 aliphatic carbocycles. The molecule has 1 N–H and O–H groups in total. The van der Waals surface area contributed by atoms with Crippen molar-refractivity contribution in [2.24, 2.45) is 0 Å². The molecule has 6 heteroatoms. The van der Waals surface area contributed by atoms with E-state index in [9.17, 15) is 0 Å². The lowest BCUT2D eigenvalue weighted by Gasteiger charge is -2.39. The van der Waals surface area contributed by atoms with Crippen molar-refractivity contribution >= 4 is 69.2 Å². The molecule has 0 unspecified atom stereocenters. The highest BCUT2D eigenvalue weighted by Gasteiger charge is 2.35. The zero-order chi connectivity index (χ0) is 30.2. The Bertz CT molecular complexity index is 2380. The third kappa shape index (κ3) is 3.90. The third-order valence-corrected chi connectivity index (χ3v) is 10.2. The minimum absolute atomic E-state index is 0.779. The van der Waals surface area contributed by atoms with E-state index in [1.54, 1.807) is 11.8 Å². The first-order chi connectivity index (χ1) is 22.8. The number of benzene rings is 7. The van der Waals surface area contributed by atoms with Crippen molar-refractivity contribution < 1.29 is 9.47 Å². The topological polar surface area (TPSA) is 33.7 Å². The first-order valence-corrected chi connectivity index (χ1v) is 16.3. The Morgan fingerprint density at radius 1 is 0.587 bits per heavy atom. The first kappa shape index (κ1) is 25.7. The van der Waals surface area contributed by atoms with Crippen LogP contribution in [0, 0.1) is 0 Å².